The van der Waals surface area contributed by atoms with Crippen molar-refractivity contribution < 1.29 is 4.39 Å². The molecule has 0 radical (unpaired) electrons. The van der Waals surface area contributed by atoms with Crippen molar-refractivity contribution in [1.82, 2.24) is 10.3 Å². The maximum absolute atomic E-state index is 13.0. The number of aromatic nitrogens is 1. The van der Waals surface area contributed by atoms with Gasteiger partial charge in [-0.2, -0.15) is 0 Å². The molecule has 0 spiro atoms. The maximum atomic E-state index is 13.0. The van der Waals surface area contributed by atoms with E-state index in [1.807, 2.05) is 12.4 Å². The minimum Gasteiger partial charge on any atom is -0.319 e. The van der Waals surface area contributed by atoms with E-state index in [0.29, 0.717) is 0 Å². The van der Waals surface area contributed by atoms with Crippen LogP contribution in [-0.2, 0) is 6.42 Å². The van der Waals surface area contributed by atoms with Gasteiger partial charge in [0.2, 0.25) is 0 Å². The molecule has 2 rings (SSSR count). The third-order valence-electron chi connectivity index (χ3n) is 2.35. The molecule has 90 valence electrons. The van der Waals surface area contributed by atoms with Crippen LogP contribution >= 0.6 is 27.3 Å². The van der Waals surface area contributed by atoms with E-state index in [-0.39, 0.29) is 5.82 Å². The minimum absolute atomic E-state index is 0.244. The van der Waals surface area contributed by atoms with Gasteiger partial charge in [-0.15, -0.1) is 11.3 Å². The van der Waals surface area contributed by atoms with Crippen molar-refractivity contribution in [2.24, 2.45) is 0 Å². The molecular formula is C12H12BrFN2S. The first-order valence-corrected chi connectivity index (χ1v) is 6.92. The Kier molecular flexibility index (Phi) is 4.25. The third-order valence-corrected chi connectivity index (χ3v) is 3.91. The summed E-state index contributed by atoms with van der Waals surface area (Å²) in [6.07, 6.45) is 0.917. The molecule has 0 amide bonds. The molecule has 0 fully saturated rings. The zero-order valence-electron chi connectivity index (χ0n) is 9.34. The monoisotopic (exact) mass is 314 g/mol. The van der Waals surface area contributed by atoms with Gasteiger partial charge >= 0.3 is 0 Å². The Morgan fingerprint density at radius 1 is 1.47 bits per heavy atom. The van der Waals surface area contributed by atoms with Gasteiger partial charge < -0.3 is 5.32 Å². The molecule has 0 saturated carbocycles. The Bertz CT molecular complexity index is 513. The van der Waals surface area contributed by atoms with Gasteiger partial charge in [0.05, 0.1) is 10.7 Å². The number of thiazole rings is 1. The van der Waals surface area contributed by atoms with Gasteiger partial charge in [0, 0.05) is 28.4 Å². The van der Waals surface area contributed by atoms with Crippen LogP contribution in [0.4, 0.5) is 4.39 Å². The second-order valence-corrected chi connectivity index (χ2v) is 5.40. The summed E-state index contributed by atoms with van der Waals surface area (Å²) in [6, 6.07) is 4.66. The lowest BCUT2D eigenvalue weighted by atomic mass is 10.2. The molecule has 0 aliphatic carbocycles. The summed E-state index contributed by atoms with van der Waals surface area (Å²) in [5.41, 5.74) is 1.83. The van der Waals surface area contributed by atoms with Crippen LogP contribution in [0.3, 0.4) is 0 Å². The molecule has 5 heteroatoms. The largest absolute Gasteiger partial charge is 0.319 e. The molecular weight excluding hydrogens is 303 g/mol. The van der Waals surface area contributed by atoms with Gasteiger partial charge in [-0.1, -0.05) is 0 Å². The lowest BCUT2D eigenvalue weighted by Gasteiger charge is -2.00. The predicted molar refractivity (Wildman–Crippen MR) is 72.8 cm³/mol. The number of hydrogen-bond acceptors (Lipinski definition) is 3. The summed E-state index contributed by atoms with van der Waals surface area (Å²) >= 11 is 4.99. The molecule has 0 aliphatic heterocycles. The van der Waals surface area contributed by atoms with E-state index in [9.17, 15) is 4.39 Å². The van der Waals surface area contributed by atoms with Crippen molar-refractivity contribution in [1.29, 1.82) is 0 Å². The Morgan fingerprint density at radius 2 is 2.29 bits per heavy atom. The number of nitrogens with zero attached hydrogens (tertiary/aromatic N) is 1. The summed E-state index contributed by atoms with van der Waals surface area (Å²) in [5, 5.41) is 6.18. The fourth-order valence-electron chi connectivity index (χ4n) is 1.48. The van der Waals surface area contributed by atoms with Crippen LogP contribution in [0.25, 0.3) is 11.3 Å². The third kappa shape index (κ3) is 3.12. The van der Waals surface area contributed by atoms with E-state index in [2.05, 4.69) is 26.2 Å². The first-order valence-electron chi connectivity index (χ1n) is 5.25. The van der Waals surface area contributed by atoms with Crippen LogP contribution in [0.5, 0.6) is 0 Å². The van der Waals surface area contributed by atoms with Gasteiger partial charge in [0.15, 0.2) is 0 Å². The molecule has 1 N–H and O–H groups in total. The highest BCUT2D eigenvalue weighted by molar-refractivity contribution is 9.10. The first-order chi connectivity index (χ1) is 8.20. The number of nitrogens with one attached hydrogen (secondary N) is 1. The molecule has 0 atom stereocenters. The van der Waals surface area contributed by atoms with Crippen molar-refractivity contribution in [3.63, 3.8) is 0 Å². The zero-order valence-corrected chi connectivity index (χ0v) is 11.7. The summed E-state index contributed by atoms with van der Waals surface area (Å²) in [6.45, 7) is 0.914. The Labute approximate surface area is 112 Å². The van der Waals surface area contributed by atoms with Crippen molar-refractivity contribution in [3.05, 3.63) is 38.9 Å². The number of likely N-dealkylation sites (N-methyl/N-ethyl adjacent to an activating group) is 1. The lowest BCUT2D eigenvalue weighted by Crippen LogP contribution is -2.09. The molecule has 0 saturated heterocycles. The topological polar surface area (TPSA) is 24.9 Å². The van der Waals surface area contributed by atoms with Gasteiger partial charge in [-0.3, -0.25) is 0 Å². The predicted octanol–water partition coefficient (Wildman–Crippen LogP) is 3.47. The van der Waals surface area contributed by atoms with Crippen molar-refractivity contribution in [2.75, 3.05) is 13.6 Å². The average molecular weight is 315 g/mol. The number of halogens is 2. The molecule has 17 heavy (non-hydrogen) atoms. The Balaban J connectivity index is 2.24. The quantitative estimate of drug-likeness (QED) is 0.934. The fourth-order valence-corrected chi connectivity index (χ4v) is 2.83. The average Bonchev–Trinajstić information content (AvgIpc) is 2.75. The Hall–Kier alpha value is -0.780. The van der Waals surface area contributed by atoms with Crippen LogP contribution in [0.15, 0.2) is 28.1 Å². The molecule has 1 heterocycles. The summed E-state index contributed by atoms with van der Waals surface area (Å²) in [5.74, 6) is -0.244. The normalized spacial score (nSPS) is 10.8. The van der Waals surface area contributed by atoms with E-state index in [1.54, 1.807) is 17.4 Å². The molecule has 2 nitrogen and oxygen atoms in total. The highest BCUT2D eigenvalue weighted by atomic mass is 79.9. The maximum Gasteiger partial charge on any atom is 0.124 e. The lowest BCUT2D eigenvalue weighted by molar-refractivity contribution is 0.627. The van der Waals surface area contributed by atoms with Crippen LogP contribution in [0, 0.1) is 5.82 Å². The Morgan fingerprint density at radius 3 is 3.00 bits per heavy atom. The van der Waals surface area contributed by atoms with Crippen LogP contribution in [-0.4, -0.2) is 18.6 Å². The summed E-state index contributed by atoms with van der Waals surface area (Å²) in [4.78, 5) is 4.53. The number of benzene rings is 1. The van der Waals surface area contributed by atoms with Gasteiger partial charge in [0.25, 0.3) is 0 Å². The second-order valence-electron chi connectivity index (χ2n) is 3.60. The van der Waals surface area contributed by atoms with Crippen LogP contribution in [0.1, 0.15) is 5.01 Å². The van der Waals surface area contributed by atoms with E-state index in [0.717, 1.165) is 33.7 Å². The van der Waals surface area contributed by atoms with Gasteiger partial charge in [-0.05, 0) is 41.2 Å². The molecule has 1 aromatic carbocycles. The molecule has 0 bridgehead atoms. The van der Waals surface area contributed by atoms with Crippen molar-refractivity contribution in [3.8, 4) is 11.3 Å². The molecule has 1 aromatic heterocycles. The zero-order chi connectivity index (χ0) is 12.3. The van der Waals surface area contributed by atoms with Gasteiger partial charge in [-0.25, -0.2) is 9.37 Å². The van der Waals surface area contributed by atoms with Crippen LogP contribution < -0.4 is 5.32 Å². The van der Waals surface area contributed by atoms with Gasteiger partial charge in [0.1, 0.15) is 5.82 Å². The van der Waals surface area contributed by atoms with E-state index >= 15 is 0 Å². The van der Waals surface area contributed by atoms with E-state index < -0.39 is 0 Å². The standard InChI is InChI=1S/C12H12BrFN2S/c1-15-5-4-12-16-11(7-17-12)9-3-2-8(14)6-10(9)13/h2-3,6-7,15H,4-5H2,1H3. The van der Waals surface area contributed by atoms with E-state index in [1.165, 1.54) is 12.1 Å². The molecule has 0 unspecified atom stereocenters. The molecule has 0 aliphatic rings. The molecule has 2 aromatic rings. The summed E-state index contributed by atoms with van der Waals surface area (Å²) < 4.78 is 13.7. The SMILES string of the molecule is CNCCc1nc(-c2ccc(F)cc2Br)cs1. The highest BCUT2D eigenvalue weighted by Crippen LogP contribution is 2.29. The number of rotatable bonds is 4. The number of hydrogen-bond donors (Lipinski definition) is 1. The summed E-state index contributed by atoms with van der Waals surface area (Å²) in [7, 11) is 1.92. The van der Waals surface area contributed by atoms with Crippen molar-refractivity contribution >= 4 is 27.3 Å². The van der Waals surface area contributed by atoms with Crippen molar-refractivity contribution in [2.45, 2.75) is 6.42 Å². The first kappa shape index (κ1) is 12.7. The fraction of sp³-hybridized carbons (Fsp3) is 0.250. The van der Waals surface area contributed by atoms with Crippen LogP contribution in [0.2, 0.25) is 0 Å². The van der Waals surface area contributed by atoms with E-state index in [4.69, 9.17) is 0 Å². The highest BCUT2D eigenvalue weighted by Gasteiger charge is 2.08. The smallest absolute Gasteiger partial charge is 0.124 e. The minimum atomic E-state index is -0.244. The second kappa shape index (κ2) is 5.71.